The highest BCUT2D eigenvalue weighted by Gasteiger charge is 2.52. The number of aliphatic hydroxyl groups is 1. The van der Waals surface area contributed by atoms with Crippen molar-refractivity contribution in [1.82, 2.24) is 10.9 Å². The van der Waals surface area contributed by atoms with E-state index >= 15 is 0 Å². The molecule has 1 aliphatic heterocycles. The largest absolute Gasteiger partial charge is 0.494 e. The molecule has 2 atom stereocenters. The second-order valence-electron chi connectivity index (χ2n) is 10.7. The van der Waals surface area contributed by atoms with Crippen molar-refractivity contribution in [2.45, 2.75) is 37.2 Å². The molecule has 3 N–H and O–H groups in total. The van der Waals surface area contributed by atoms with Gasteiger partial charge in [0, 0.05) is 31.6 Å². The Morgan fingerprint density at radius 1 is 0.935 bits per heavy atom. The van der Waals surface area contributed by atoms with Crippen molar-refractivity contribution in [3.63, 3.8) is 0 Å². The van der Waals surface area contributed by atoms with Crippen LogP contribution in [0.1, 0.15) is 41.2 Å². The number of nitrogens with one attached hydrogen (secondary N) is 2. The van der Waals surface area contributed by atoms with Crippen LogP contribution >= 0.6 is 0 Å². The number of alkyl halides is 3. The maximum Gasteiger partial charge on any atom is 0.416 e. The van der Waals surface area contributed by atoms with E-state index in [2.05, 4.69) is 17.4 Å². The smallest absolute Gasteiger partial charge is 0.416 e. The summed E-state index contributed by atoms with van der Waals surface area (Å²) in [5.41, 5.74) is 6.21. The first-order chi connectivity index (χ1) is 22.2. The zero-order valence-electron chi connectivity index (χ0n) is 25.0. The van der Waals surface area contributed by atoms with E-state index in [4.69, 9.17) is 19.6 Å². The van der Waals surface area contributed by atoms with Gasteiger partial charge in [-0.15, -0.1) is 6.58 Å². The van der Waals surface area contributed by atoms with E-state index in [1.54, 1.807) is 30.3 Å². The SMILES string of the molecule is C=CC[C@]1(C(=O)NNCc2ccccc2C(F)(F)F)N=C(c2ccc(OCCCO)cc2)O[C@H]1c1ccc(-c2ccccc2)cc1. The number of aliphatic imine (C=N–C) groups is 1. The molecule has 0 radical (unpaired) electrons. The third-order valence-corrected chi connectivity index (χ3v) is 7.61. The van der Waals surface area contributed by atoms with Crippen LogP contribution in [0.4, 0.5) is 13.2 Å². The van der Waals surface area contributed by atoms with E-state index in [1.807, 2.05) is 54.6 Å². The fraction of sp³-hybridized carbons (Fsp3) is 0.222. The summed E-state index contributed by atoms with van der Waals surface area (Å²) >= 11 is 0. The zero-order valence-corrected chi connectivity index (χ0v) is 25.0. The first kappa shape index (κ1) is 32.5. The summed E-state index contributed by atoms with van der Waals surface area (Å²) in [7, 11) is 0. The van der Waals surface area contributed by atoms with Gasteiger partial charge in [0.15, 0.2) is 11.6 Å². The Hall–Kier alpha value is -4.93. The second-order valence-corrected chi connectivity index (χ2v) is 10.7. The lowest BCUT2D eigenvalue weighted by atomic mass is 9.84. The van der Waals surface area contributed by atoms with Gasteiger partial charge in [-0.1, -0.05) is 78.9 Å². The van der Waals surface area contributed by atoms with Gasteiger partial charge >= 0.3 is 6.18 Å². The number of aliphatic hydroxyl groups excluding tert-OH is 1. The summed E-state index contributed by atoms with van der Waals surface area (Å²) < 4.78 is 52.7. The molecule has 4 aromatic carbocycles. The predicted molar refractivity (Wildman–Crippen MR) is 170 cm³/mol. The molecule has 0 aliphatic carbocycles. The van der Waals surface area contributed by atoms with Crippen LogP contribution in [-0.4, -0.2) is 35.7 Å². The van der Waals surface area contributed by atoms with Gasteiger partial charge in [-0.2, -0.15) is 13.2 Å². The number of nitrogens with zero attached hydrogens (tertiary/aromatic N) is 1. The molecule has 0 unspecified atom stereocenters. The van der Waals surface area contributed by atoms with Crippen LogP contribution in [0.5, 0.6) is 5.75 Å². The molecular formula is C36H34F3N3O4. The van der Waals surface area contributed by atoms with Crippen molar-refractivity contribution >= 4 is 11.8 Å². The van der Waals surface area contributed by atoms with Crippen LogP contribution in [0.3, 0.4) is 0 Å². The average molecular weight is 630 g/mol. The summed E-state index contributed by atoms with van der Waals surface area (Å²) in [6.07, 6.45) is -3.28. The number of ether oxygens (including phenoxy) is 2. The third-order valence-electron chi connectivity index (χ3n) is 7.61. The summed E-state index contributed by atoms with van der Waals surface area (Å²) in [4.78, 5) is 18.8. The first-order valence-corrected chi connectivity index (χ1v) is 14.8. The van der Waals surface area contributed by atoms with Gasteiger partial charge in [0.2, 0.25) is 5.90 Å². The highest BCUT2D eigenvalue weighted by Crippen LogP contribution is 2.43. The lowest BCUT2D eigenvalue weighted by Crippen LogP contribution is -2.52. The van der Waals surface area contributed by atoms with E-state index in [9.17, 15) is 18.0 Å². The fourth-order valence-corrected chi connectivity index (χ4v) is 5.30. The standard InChI is InChI=1S/C36H34F3N3O4/c1-2-21-35(34(44)42-40-24-29-11-6-7-12-31(29)36(37,38)39)32(27-15-13-26(14-16-27)25-9-4-3-5-10-25)46-33(41-35)28-17-19-30(20-18-28)45-23-8-22-43/h2-7,9-20,32,40,43H,1,8,21-24H2,(H,42,44)/t32-,35-/m0/s1. The van der Waals surface area contributed by atoms with Gasteiger partial charge in [-0.3, -0.25) is 10.2 Å². The van der Waals surface area contributed by atoms with Crippen LogP contribution in [0.15, 0.2) is 121 Å². The normalized spacial score (nSPS) is 17.6. The van der Waals surface area contributed by atoms with Gasteiger partial charge in [0.05, 0.1) is 12.2 Å². The quantitative estimate of drug-likeness (QED) is 0.0861. The van der Waals surface area contributed by atoms with Gasteiger partial charge in [0.1, 0.15) is 5.75 Å². The number of benzene rings is 4. The topological polar surface area (TPSA) is 92.2 Å². The number of carbonyl (C=O) groups excluding carboxylic acids is 1. The molecule has 0 spiro atoms. The number of hydrogen-bond donors (Lipinski definition) is 3. The van der Waals surface area contributed by atoms with E-state index in [0.717, 1.165) is 17.2 Å². The minimum atomic E-state index is -4.54. The molecular weight excluding hydrogens is 595 g/mol. The van der Waals surface area contributed by atoms with Crippen molar-refractivity contribution in [3.05, 3.63) is 138 Å². The van der Waals surface area contributed by atoms with Crippen molar-refractivity contribution in [2.75, 3.05) is 13.2 Å². The van der Waals surface area contributed by atoms with Crippen LogP contribution in [-0.2, 0) is 22.3 Å². The molecule has 10 heteroatoms. The van der Waals surface area contributed by atoms with Crippen molar-refractivity contribution < 1.29 is 32.5 Å². The molecule has 7 nitrogen and oxygen atoms in total. The maximum absolute atomic E-state index is 14.0. The van der Waals surface area contributed by atoms with Crippen LogP contribution in [0, 0.1) is 0 Å². The number of rotatable bonds is 13. The molecule has 1 amide bonds. The molecule has 0 saturated heterocycles. The summed E-state index contributed by atoms with van der Waals surface area (Å²) in [5.74, 6) is 0.230. The Morgan fingerprint density at radius 3 is 2.26 bits per heavy atom. The van der Waals surface area contributed by atoms with Crippen molar-refractivity contribution in [3.8, 4) is 16.9 Å². The highest BCUT2D eigenvalue weighted by molar-refractivity contribution is 6.01. The van der Waals surface area contributed by atoms with Crippen LogP contribution in [0.2, 0.25) is 0 Å². The molecule has 4 aromatic rings. The molecule has 1 heterocycles. The fourth-order valence-electron chi connectivity index (χ4n) is 5.30. The maximum atomic E-state index is 14.0. The van der Waals surface area contributed by atoms with E-state index in [0.29, 0.717) is 29.9 Å². The van der Waals surface area contributed by atoms with Gasteiger partial charge in [0.25, 0.3) is 5.91 Å². The van der Waals surface area contributed by atoms with Crippen molar-refractivity contribution in [1.29, 1.82) is 0 Å². The molecule has 0 saturated carbocycles. The Kier molecular flexibility index (Phi) is 10.2. The average Bonchev–Trinajstić information content (AvgIpc) is 3.46. The lowest BCUT2D eigenvalue weighted by Gasteiger charge is -2.30. The molecule has 0 bridgehead atoms. The number of halogens is 3. The highest BCUT2D eigenvalue weighted by atomic mass is 19.4. The third kappa shape index (κ3) is 7.30. The zero-order chi connectivity index (χ0) is 32.6. The van der Waals surface area contributed by atoms with Gasteiger partial charge < -0.3 is 14.6 Å². The van der Waals surface area contributed by atoms with E-state index < -0.39 is 29.3 Å². The Morgan fingerprint density at radius 2 is 1.59 bits per heavy atom. The van der Waals surface area contributed by atoms with E-state index in [-0.39, 0.29) is 31.0 Å². The van der Waals surface area contributed by atoms with Crippen molar-refractivity contribution in [2.24, 2.45) is 4.99 Å². The monoisotopic (exact) mass is 629 g/mol. The molecule has 0 aromatic heterocycles. The minimum Gasteiger partial charge on any atom is -0.494 e. The number of carbonyl (C=O) groups is 1. The number of amides is 1. The predicted octanol–water partition coefficient (Wildman–Crippen LogP) is 6.79. The minimum absolute atomic E-state index is 0.0192. The first-order valence-electron chi connectivity index (χ1n) is 14.8. The molecule has 238 valence electrons. The van der Waals surface area contributed by atoms with Crippen LogP contribution < -0.4 is 15.6 Å². The van der Waals surface area contributed by atoms with Crippen LogP contribution in [0.25, 0.3) is 11.1 Å². The summed E-state index contributed by atoms with van der Waals surface area (Å²) in [6.45, 7) is 3.97. The Bertz CT molecular complexity index is 1660. The Labute approximate surface area is 265 Å². The molecule has 0 fully saturated rings. The number of hydrazine groups is 1. The Balaban J connectivity index is 1.45. The van der Waals surface area contributed by atoms with Gasteiger partial charge in [-0.05, 0) is 52.6 Å². The molecule has 1 aliphatic rings. The number of hydrogen-bond acceptors (Lipinski definition) is 6. The summed E-state index contributed by atoms with van der Waals surface area (Å²) in [6, 6.07) is 29.7. The van der Waals surface area contributed by atoms with Gasteiger partial charge in [-0.25, -0.2) is 10.4 Å². The summed E-state index contributed by atoms with van der Waals surface area (Å²) in [5, 5.41) is 9.02. The molecule has 5 rings (SSSR count). The molecule has 46 heavy (non-hydrogen) atoms. The lowest BCUT2D eigenvalue weighted by molar-refractivity contribution is -0.138. The second kappa shape index (κ2) is 14.4. The van der Waals surface area contributed by atoms with E-state index in [1.165, 1.54) is 18.2 Å².